The quantitative estimate of drug-likeness (QED) is 0.494. The number of sulfone groups is 1. The lowest BCUT2D eigenvalue weighted by Crippen LogP contribution is -2.71. The van der Waals surface area contributed by atoms with E-state index in [1.165, 1.54) is 66.7 Å². The summed E-state index contributed by atoms with van der Waals surface area (Å²) >= 11 is 5.93. The van der Waals surface area contributed by atoms with Gasteiger partial charge in [-0.05, 0) is 35.4 Å². The van der Waals surface area contributed by atoms with Crippen LogP contribution in [0.5, 0.6) is 0 Å². The lowest BCUT2D eigenvalue weighted by atomic mass is 9.76. The van der Waals surface area contributed by atoms with Crippen LogP contribution in [0.2, 0.25) is 5.02 Å². The molecule has 4 rings (SSSR count). The Labute approximate surface area is 181 Å². The van der Waals surface area contributed by atoms with Gasteiger partial charge in [-0.3, -0.25) is 4.79 Å². The minimum atomic E-state index is -5.98. The third kappa shape index (κ3) is 3.04. The van der Waals surface area contributed by atoms with E-state index in [9.17, 15) is 26.4 Å². The lowest BCUT2D eigenvalue weighted by molar-refractivity contribution is -0.130. The molecule has 0 spiro atoms. The molecule has 0 bridgehead atoms. The molecule has 4 nitrogen and oxygen atoms in total. The van der Waals surface area contributed by atoms with Crippen LogP contribution in [0.3, 0.4) is 0 Å². The zero-order chi connectivity index (χ0) is 22.4. The SMILES string of the molecule is O=C1N(c2ccccc2)[C@H](c2ccc(Cl)cc2)[C@]1(c1ccccc1)S(=O)(=O)C(F)(F)F. The number of alkyl halides is 3. The molecule has 1 heterocycles. The van der Waals surface area contributed by atoms with Gasteiger partial charge in [0.1, 0.15) is 0 Å². The van der Waals surface area contributed by atoms with Gasteiger partial charge in [-0.15, -0.1) is 0 Å². The molecule has 1 saturated heterocycles. The van der Waals surface area contributed by atoms with Gasteiger partial charge in [0.25, 0.3) is 15.7 Å². The van der Waals surface area contributed by atoms with Gasteiger partial charge in [-0.2, -0.15) is 13.2 Å². The zero-order valence-corrected chi connectivity index (χ0v) is 17.3. The molecule has 0 saturated carbocycles. The molecule has 1 aliphatic rings. The maximum Gasteiger partial charge on any atom is 0.498 e. The van der Waals surface area contributed by atoms with E-state index in [1.54, 1.807) is 18.2 Å². The van der Waals surface area contributed by atoms with Crippen molar-refractivity contribution < 1.29 is 26.4 Å². The molecular weight excluding hydrogens is 451 g/mol. The maximum absolute atomic E-state index is 13.9. The minimum Gasteiger partial charge on any atom is -0.301 e. The van der Waals surface area contributed by atoms with E-state index in [0.717, 1.165) is 4.90 Å². The first-order valence-electron chi connectivity index (χ1n) is 9.13. The molecule has 31 heavy (non-hydrogen) atoms. The van der Waals surface area contributed by atoms with Crippen molar-refractivity contribution in [3.8, 4) is 0 Å². The van der Waals surface area contributed by atoms with E-state index in [0.29, 0.717) is 5.02 Å². The van der Waals surface area contributed by atoms with Crippen molar-refractivity contribution >= 4 is 33.0 Å². The summed E-state index contributed by atoms with van der Waals surface area (Å²) in [5, 5.41) is 0.324. The fraction of sp³-hybridized carbons (Fsp3) is 0.136. The predicted octanol–water partition coefficient (Wildman–Crippen LogP) is 5.26. The van der Waals surface area contributed by atoms with Gasteiger partial charge in [0, 0.05) is 10.7 Å². The molecule has 1 fully saturated rings. The van der Waals surface area contributed by atoms with E-state index < -0.39 is 32.0 Å². The highest BCUT2D eigenvalue weighted by Gasteiger charge is 2.76. The average Bonchev–Trinajstić information content (AvgIpc) is 2.74. The largest absolute Gasteiger partial charge is 0.498 e. The smallest absolute Gasteiger partial charge is 0.301 e. The van der Waals surface area contributed by atoms with Crippen LogP contribution >= 0.6 is 11.6 Å². The van der Waals surface area contributed by atoms with Crippen molar-refractivity contribution in [3.63, 3.8) is 0 Å². The lowest BCUT2D eigenvalue weighted by Gasteiger charge is -2.55. The number of β-lactam (4-membered cyclic amide) rings is 1. The number of amides is 1. The molecule has 3 aromatic carbocycles. The summed E-state index contributed by atoms with van der Waals surface area (Å²) in [5.74, 6) is -1.16. The Bertz CT molecular complexity index is 1220. The topological polar surface area (TPSA) is 54.5 Å². The van der Waals surface area contributed by atoms with Gasteiger partial charge in [-0.1, -0.05) is 72.3 Å². The molecule has 0 unspecified atom stereocenters. The number of hydrogen-bond acceptors (Lipinski definition) is 3. The number of hydrogen-bond donors (Lipinski definition) is 0. The highest BCUT2D eigenvalue weighted by atomic mass is 35.5. The standard InChI is InChI=1S/C22H15ClF3NO3S/c23-17-13-11-15(12-14-17)19-21(16-7-3-1-4-8-16,31(29,30)22(24,25)26)20(28)27(19)18-9-5-2-6-10-18/h1-14,19H/t19-,21+/m1/s1. The van der Waals surface area contributed by atoms with Crippen molar-refractivity contribution in [1.82, 2.24) is 0 Å². The molecule has 1 aliphatic heterocycles. The van der Waals surface area contributed by atoms with E-state index in [2.05, 4.69) is 0 Å². The van der Waals surface area contributed by atoms with E-state index in [1.807, 2.05) is 0 Å². The Kier molecular flexibility index (Phi) is 5.10. The second-order valence-corrected chi connectivity index (χ2v) is 9.57. The maximum atomic E-state index is 13.9. The molecule has 0 radical (unpaired) electrons. The number of para-hydroxylation sites is 1. The van der Waals surface area contributed by atoms with Crippen LogP contribution in [0, 0.1) is 0 Å². The third-order valence-electron chi connectivity index (χ3n) is 5.33. The first-order valence-corrected chi connectivity index (χ1v) is 11.0. The summed E-state index contributed by atoms with van der Waals surface area (Å²) in [5.41, 5.74) is -5.39. The van der Waals surface area contributed by atoms with Crippen molar-refractivity contribution in [2.75, 3.05) is 4.90 Å². The zero-order valence-electron chi connectivity index (χ0n) is 15.8. The minimum absolute atomic E-state index is 0.213. The molecule has 0 aliphatic carbocycles. The molecule has 2 atom stereocenters. The Hall–Kier alpha value is -2.84. The number of carbonyl (C=O) groups excluding carboxylic acids is 1. The Balaban J connectivity index is 2.05. The first kappa shape index (κ1) is 21.4. The van der Waals surface area contributed by atoms with Gasteiger partial charge in [0.15, 0.2) is 0 Å². The van der Waals surface area contributed by atoms with Gasteiger partial charge >= 0.3 is 5.51 Å². The number of rotatable bonds is 4. The highest BCUT2D eigenvalue weighted by Crippen LogP contribution is 2.59. The number of halogens is 4. The van der Waals surface area contributed by atoms with Gasteiger partial charge in [0.2, 0.25) is 4.75 Å². The summed E-state index contributed by atoms with van der Waals surface area (Å²) in [6, 6.07) is 19.1. The van der Waals surface area contributed by atoms with Crippen LogP contribution in [0.15, 0.2) is 84.9 Å². The van der Waals surface area contributed by atoms with E-state index in [4.69, 9.17) is 11.6 Å². The second-order valence-electron chi connectivity index (χ2n) is 7.02. The van der Waals surface area contributed by atoms with E-state index >= 15 is 0 Å². The van der Waals surface area contributed by atoms with Gasteiger partial charge < -0.3 is 4.90 Å². The number of carbonyl (C=O) groups is 1. The summed E-state index contributed by atoms with van der Waals surface area (Å²) in [6.45, 7) is 0. The average molecular weight is 466 g/mol. The fourth-order valence-corrected chi connectivity index (χ4v) is 5.78. The Morgan fingerprint density at radius 3 is 1.87 bits per heavy atom. The summed E-state index contributed by atoms with van der Waals surface area (Å²) < 4.78 is 64.9. The highest BCUT2D eigenvalue weighted by molar-refractivity contribution is 7.94. The van der Waals surface area contributed by atoms with Crippen LogP contribution in [0.4, 0.5) is 18.9 Å². The summed E-state index contributed by atoms with van der Waals surface area (Å²) in [7, 11) is -5.98. The fourth-order valence-electron chi connectivity index (χ4n) is 3.98. The Morgan fingerprint density at radius 1 is 0.839 bits per heavy atom. The molecule has 3 aromatic rings. The van der Waals surface area contributed by atoms with Crippen molar-refractivity contribution in [1.29, 1.82) is 0 Å². The molecule has 0 aromatic heterocycles. The molecule has 9 heteroatoms. The third-order valence-corrected chi connectivity index (χ3v) is 7.67. The van der Waals surface area contributed by atoms with Crippen molar-refractivity contribution in [2.45, 2.75) is 16.3 Å². The number of benzene rings is 3. The monoisotopic (exact) mass is 465 g/mol. The number of anilines is 1. The van der Waals surface area contributed by atoms with Gasteiger partial charge in [-0.25, -0.2) is 8.42 Å². The van der Waals surface area contributed by atoms with Crippen LogP contribution in [-0.4, -0.2) is 19.8 Å². The van der Waals surface area contributed by atoms with Crippen LogP contribution < -0.4 is 4.90 Å². The van der Waals surface area contributed by atoms with Crippen LogP contribution in [0.25, 0.3) is 0 Å². The summed E-state index contributed by atoms with van der Waals surface area (Å²) in [6.07, 6.45) is 0. The second kappa shape index (κ2) is 7.39. The normalized spacial score (nSPS) is 21.6. The van der Waals surface area contributed by atoms with Crippen molar-refractivity contribution in [3.05, 3.63) is 101 Å². The number of nitrogens with zero attached hydrogens (tertiary/aromatic N) is 1. The van der Waals surface area contributed by atoms with Crippen LogP contribution in [-0.2, 0) is 19.4 Å². The molecule has 1 amide bonds. The van der Waals surface area contributed by atoms with Gasteiger partial charge in [0.05, 0.1) is 6.04 Å². The van der Waals surface area contributed by atoms with E-state index in [-0.39, 0.29) is 16.8 Å². The Morgan fingerprint density at radius 2 is 1.35 bits per heavy atom. The van der Waals surface area contributed by atoms with Crippen LogP contribution in [0.1, 0.15) is 17.2 Å². The van der Waals surface area contributed by atoms with Crippen molar-refractivity contribution in [2.24, 2.45) is 0 Å². The molecule has 0 N–H and O–H groups in total. The first-order chi connectivity index (χ1) is 14.6. The summed E-state index contributed by atoms with van der Waals surface area (Å²) in [4.78, 5) is 14.5. The molecule has 160 valence electrons. The molecular formula is C22H15ClF3NO3S. The predicted molar refractivity (Wildman–Crippen MR) is 111 cm³/mol.